The molecule has 2 amide bonds. The number of nitrogens with one attached hydrogen (secondary N) is 1. The second-order valence-electron chi connectivity index (χ2n) is 5.45. The zero-order chi connectivity index (χ0) is 13.1. The molecule has 1 N–H and O–H groups in total. The van der Waals surface area contributed by atoms with Gasteiger partial charge in [0.25, 0.3) is 0 Å². The van der Waals surface area contributed by atoms with E-state index in [0.717, 1.165) is 19.4 Å². The molecule has 2 aliphatic rings. The minimum atomic E-state index is 0. The number of amides is 2. The van der Waals surface area contributed by atoms with Crippen LogP contribution in [0.5, 0.6) is 0 Å². The van der Waals surface area contributed by atoms with Crippen LogP contribution < -0.4 is 5.32 Å². The van der Waals surface area contributed by atoms with E-state index in [4.69, 9.17) is 0 Å². The molecule has 1 unspecified atom stereocenters. The Kier molecular flexibility index (Phi) is 6.07. The number of hydrogen-bond donors (Lipinski definition) is 1. The largest absolute Gasteiger partial charge is 0.339 e. The highest BCUT2D eigenvalue weighted by molar-refractivity contribution is 5.85. The van der Waals surface area contributed by atoms with E-state index in [1.165, 1.54) is 0 Å². The zero-order valence-corrected chi connectivity index (χ0v) is 12.5. The van der Waals surface area contributed by atoms with Crippen molar-refractivity contribution in [2.24, 2.45) is 5.92 Å². The SMILES string of the molecule is CC(C)C(=O)N1CCN(C(=O)C2CCCN2)CC1.Cl. The Bertz CT molecular complexity index is 322. The van der Waals surface area contributed by atoms with Crippen molar-refractivity contribution in [1.29, 1.82) is 0 Å². The van der Waals surface area contributed by atoms with E-state index in [0.29, 0.717) is 26.2 Å². The summed E-state index contributed by atoms with van der Waals surface area (Å²) in [5.74, 6) is 0.453. The fourth-order valence-electron chi connectivity index (χ4n) is 2.63. The van der Waals surface area contributed by atoms with Crippen LogP contribution in [0.25, 0.3) is 0 Å². The predicted molar refractivity (Wildman–Crippen MR) is 76.3 cm³/mol. The molecule has 0 aromatic rings. The number of halogens is 1. The van der Waals surface area contributed by atoms with Crippen LogP contribution in [0, 0.1) is 5.92 Å². The molecule has 0 aromatic heterocycles. The summed E-state index contributed by atoms with van der Waals surface area (Å²) in [4.78, 5) is 27.8. The Labute approximate surface area is 121 Å². The van der Waals surface area contributed by atoms with Crippen LogP contribution in [-0.4, -0.2) is 60.4 Å². The second-order valence-corrected chi connectivity index (χ2v) is 5.45. The van der Waals surface area contributed by atoms with Gasteiger partial charge in [0.15, 0.2) is 0 Å². The molecule has 0 saturated carbocycles. The fourth-order valence-corrected chi connectivity index (χ4v) is 2.63. The monoisotopic (exact) mass is 289 g/mol. The van der Waals surface area contributed by atoms with Gasteiger partial charge in [0.2, 0.25) is 11.8 Å². The van der Waals surface area contributed by atoms with Crippen LogP contribution in [0.4, 0.5) is 0 Å². The van der Waals surface area contributed by atoms with Crippen molar-refractivity contribution in [3.63, 3.8) is 0 Å². The van der Waals surface area contributed by atoms with Gasteiger partial charge in [-0.1, -0.05) is 13.8 Å². The molecule has 5 nitrogen and oxygen atoms in total. The molecule has 19 heavy (non-hydrogen) atoms. The Morgan fingerprint density at radius 2 is 1.68 bits per heavy atom. The first kappa shape index (κ1) is 16.2. The second kappa shape index (κ2) is 7.10. The molecule has 2 aliphatic heterocycles. The Morgan fingerprint density at radius 3 is 2.16 bits per heavy atom. The van der Waals surface area contributed by atoms with Gasteiger partial charge in [-0.2, -0.15) is 0 Å². The third-order valence-corrected chi connectivity index (χ3v) is 3.76. The highest BCUT2D eigenvalue weighted by atomic mass is 35.5. The van der Waals surface area contributed by atoms with E-state index in [-0.39, 0.29) is 36.2 Å². The lowest BCUT2D eigenvalue weighted by Crippen LogP contribution is -2.54. The van der Waals surface area contributed by atoms with Crippen LogP contribution in [-0.2, 0) is 9.59 Å². The van der Waals surface area contributed by atoms with Gasteiger partial charge in [0.1, 0.15) is 0 Å². The van der Waals surface area contributed by atoms with Gasteiger partial charge in [0.05, 0.1) is 6.04 Å². The van der Waals surface area contributed by atoms with E-state index in [9.17, 15) is 9.59 Å². The van der Waals surface area contributed by atoms with Gasteiger partial charge >= 0.3 is 0 Å². The number of nitrogens with zero attached hydrogens (tertiary/aromatic N) is 2. The van der Waals surface area contributed by atoms with Crippen molar-refractivity contribution < 1.29 is 9.59 Å². The summed E-state index contributed by atoms with van der Waals surface area (Å²) in [6.07, 6.45) is 2.03. The maximum absolute atomic E-state index is 12.2. The lowest BCUT2D eigenvalue weighted by molar-refractivity contribution is -0.142. The highest BCUT2D eigenvalue weighted by Crippen LogP contribution is 2.12. The molecule has 2 rings (SSSR count). The Hall–Kier alpha value is -0.810. The molecular weight excluding hydrogens is 266 g/mol. The van der Waals surface area contributed by atoms with Crippen LogP contribution in [0.1, 0.15) is 26.7 Å². The van der Waals surface area contributed by atoms with Crippen molar-refractivity contribution >= 4 is 24.2 Å². The molecular formula is C13H24ClN3O2. The number of rotatable bonds is 2. The summed E-state index contributed by atoms with van der Waals surface area (Å²) >= 11 is 0. The lowest BCUT2D eigenvalue weighted by atomic mass is 10.1. The summed E-state index contributed by atoms with van der Waals surface area (Å²) < 4.78 is 0. The molecule has 2 saturated heterocycles. The maximum atomic E-state index is 12.2. The molecule has 6 heteroatoms. The minimum Gasteiger partial charge on any atom is -0.339 e. The molecule has 0 bridgehead atoms. The number of carbonyl (C=O) groups is 2. The molecule has 0 radical (unpaired) electrons. The average molecular weight is 290 g/mol. The quantitative estimate of drug-likeness (QED) is 0.805. The lowest BCUT2D eigenvalue weighted by Gasteiger charge is -2.36. The molecule has 110 valence electrons. The predicted octanol–water partition coefficient (Wildman–Crippen LogP) is 0.487. The number of carbonyl (C=O) groups excluding carboxylic acids is 2. The van der Waals surface area contributed by atoms with Crippen molar-refractivity contribution in [3.05, 3.63) is 0 Å². The molecule has 0 aromatic carbocycles. The third-order valence-electron chi connectivity index (χ3n) is 3.76. The van der Waals surface area contributed by atoms with E-state index in [1.54, 1.807) is 0 Å². The smallest absolute Gasteiger partial charge is 0.239 e. The number of piperazine rings is 1. The van der Waals surface area contributed by atoms with Gasteiger partial charge < -0.3 is 15.1 Å². The summed E-state index contributed by atoms with van der Waals surface area (Å²) in [7, 11) is 0. The van der Waals surface area contributed by atoms with Crippen LogP contribution in [0.15, 0.2) is 0 Å². The zero-order valence-electron chi connectivity index (χ0n) is 11.7. The van der Waals surface area contributed by atoms with Gasteiger partial charge in [-0.15, -0.1) is 12.4 Å². The fraction of sp³-hybridized carbons (Fsp3) is 0.846. The van der Waals surface area contributed by atoms with Crippen molar-refractivity contribution in [2.45, 2.75) is 32.7 Å². The Morgan fingerprint density at radius 1 is 1.11 bits per heavy atom. The first-order valence-electron chi connectivity index (χ1n) is 6.90. The molecule has 1 atom stereocenters. The summed E-state index contributed by atoms with van der Waals surface area (Å²) in [5.41, 5.74) is 0. The van der Waals surface area contributed by atoms with Crippen LogP contribution in [0.2, 0.25) is 0 Å². The molecule has 2 heterocycles. The number of hydrogen-bond acceptors (Lipinski definition) is 3. The van der Waals surface area contributed by atoms with Crippen molar-refractivity contribution in [2.75, 3.05) is 32.7 Å². The maximum Gasteiger partial charge on any atom is 0.239 e. The molecule has 2 fully saturated rings. The van der Waals surface area contributed by atoms with Crippen LogP contribution in [0.3, 0.4) is 0 Å². The van der Waals surface area contributed by atoms with Gasteiger partial charge in [-0.05, 0) is 19.4 Å². The first-order chi connectivity index (χ1) is 8.59. The van der Waals surface area contributed by atoms with Gasteiger partial charge in [-0.25, -0.2) is 0 Å². The normalized spacial score (nSPS) is 23.4. The first-order valence-corrected chi connectivity index (χ1v) is 6.90. The molecule has 0 spiro atoms. The third kappa shape index (κ3) is 3.83. The Balaban J connectivity index is 0.00000180. The summed E-state index contributed by atoms with van der Waals surface area (Å²) in [6.45, 7) is 7.49. The summed E-state index contributed by atoms with van der Waals surface area (Å²) in [6, 6.07) is 0.0114. The van der Waals surface area contributed by atoms with E-state index in [1.807, 2.05) is 23.6 Å². The van der Waals surface area contributed by atoms with Crippen molar-refractivity contribution in [1.82, 2.24) is 15.1 Å². The van der Waals surface area contributed by atoms with Gasteiger partial charge in [0, 0.05) is 32.1 Å². The van der Waals surface area contributed by atoms with Gasteiger partial charge in [-0.3, -0.25) is 9.59 Å². The van der Waals surface area contributed by atoms with E-state index < -0.39 is 0 Å². The van der Waals surface area contributed by atoms with E-state index >= 15 is 0 Å². The van der Waals surface area contributed by atoms with E-state index in [2.05, 4.69) is 5.32 Å². The van der Waals surface area contributed by atoms with Crippen LogP contribution >= 0.6 is 12.4 Å². The molecule has 0 aliphatic carbocycles. The standard InChI is InChI=1S/C13H23N3O2.ClH/c1-10(2)12(17)15-6-8-16(9-7-15)13(18)11-4-3-5-14-11;/h10-11,14H,3-9H2,1-2H3;1H. The minimum absolute atomic E-state index is 0. The summed E-state index contributed by atoms with van der Waals surface area (Å²) in [5, 5.41) is 3.23. The highest BCUT2D eigenvalue weighted by Gasteiger charge is 2.30. The topological polar surface area (TPSA) is 52.7 Å². The van der Waals surface area contributed by atoms with Crippen molar-refractivity contribution in [3.8, 4) is 0 Å². The average Bonchev–Trinajstić information content (AvgIpc) is 2.91.